The van der Waals surface area contributed by atoms with Crippen molar-refractivity contribution in [3.63, 3.8) is 0 Å². The fourth-order valence-electron chi connectivity index (χ4n) is 2.36. The first kappa shape index (κ1) is 16.5. The van der Waals surface area contributed by atoms with Gasteiger partial charge >= 0.3 is 0 Å². The molecule has 6 heteroatoms. The third-order valence-corrected chi connectivity index (χ3v) is 4.80. The van der Waals surface area contributed by atoms with Crippen LogP contribution in [-0.4, -0.2) is 29.4 Å². The van der Waals surface area contributed by atoms with E-state index in [9.17, 15) is 14.0 Å². The number of benzene rings is 2. The van der Waals surface area contributed by atoms with Crippen molar-refractivity contribution in [2.75, 3.05) is 12.5 Å². The zero-order valence-electron chi connectivity index (χ0n) is 12.8. The van der Waals surface area contributed by atoms with E-state index in [-0.39, 0.29) is 29.4 Å². The van der Waals surface area contributed by atoms with Crippen LogP contribution in [0.25, 0.3) is 0 Å². The van der Waals surface area contributed by atoms with E-state index in [1.54, 1.807) is 23.9 Å². The maximum atomic E-state index is 12.8. The van der Waals surface area contributed by atoms with Gasteiger partial charge in [0.2, 0.25) is 5.91 Å². The average molecular weight is 345 g/mol. The van der Waals surface area contributed by atoms with Crippen LogP contribution in [0.3, 0.4) is 0 Å². The molecule has 1 unspecified atom stereocenters. The number of thioether (sulfide) groups is 1. The number of halogens is 1. The molecule has 2 aromatic carbocycles. The van der Waals surface area contributed by atoms with E-state index < -0.39 is 0 Å². The van der Waals surface area contributed by atoms with E-state index in [4.69, 9.17) is 4.74 Å². The van der Waals surface area contributed by atoms with Crippen molar-refractivity contribution in [1.29, 1.82) is 0 Å². The Morgan fingerprint density at radius 2 is 1.88 bits per heavy atom. The highest BCUT2D eigenvalue weighted by Gasteiger charge is 2.24. The Balaban J connectivity index is 1.53. The van der Waals surface area contributed by atoms with Gasteiger partial charge in [-0.1, -0.05) is 12.1 Å². The highest BCUT2D eigenvalue weighted by atomic mass is 32.2. The number of hydrogen-bond donors (Lipinski definition) is 1. The summed E-state index contributed by atoms with van der Waals surface area (Å²) in [7, 11) is 0. The van der Waals surface area contributed by atoms with Crippen LogP contribution in [0.15, 0.2) is 48.5 Å². The average Bonchev–Trinajstić information content (AvgIpc) is 2.99. The lowest BCUT2D eigenvalue weighted by Gasteiger charge is -2.09. The van der Waals surface area contributed by atoms with Crippen molar-refractivity contribution in [3.05, 3.63) is 65.5 Å². The first-order valence-electron chi connectivity index (χ1n) is 7.51. The summed E-state index contributed by atoms with van der Waals surface area (Å²) in [5.41, 5.74) is 1.46. The van der Waals surface area contributed by atoms with E-state index in [0.717, 1.165) is 5.56 Å². The van der Waals surface area contributed by atoms with Crippen LogP contribution >= 0.6 is 11.8 Å². The zero-order valence-corrected chi connectivity index (χ0v) is 13.6. The summed E-state index contributed by atoms with van der Waals surface area (Å²) >= 11 is 1.60. The maximum absolute atomic E-state index is 12.8. The standard InChI is InChI=1S/C18H16FNO3S/c19-14-5-3-13(4-6-14)16(21)10-23-15-7-1-12(2-8-15)9-17-18(22)20-11-24-17/h1-8,17H,9-11H2,(H,20,22). The largest absolute Gasteiger partial charge is 0.485 e. The minimum absolute atomic E-state index is 0.0446. The molecule has 0 bridgehead atoms. The first-order valence-corrected chi connectivity index (χ1v) is 8.56. The van der Waals surface area contributed by atoms with Crippen LogP contribution in [-0.2, 0) is 11.2 Å². The summed E-state index contributed by atoms with van der Waals surface area (Å²) in [5, 5.41) is 2.75. The number of hydrogen-bond acceptors (Lipinski definition) is 4. The van der Waals surface area contributed by atoms with Gasteiger partial charge < -0.3 is 10.1 Å². The molecule has 0 saturated carbocycles. The van der Waals surface area contributed by atoms with Crippen LogP contribution in [0.4, 0.5) is 4.39 Å². The van der Waals surface area contributed by atoms with Gasteiger partial charge in [-0.15, -0.1) is 11.8 Å². The smallest absolute Gasteiger partial charge is 0.234 e. The SMILES string of the molecule is O=C(COc1ccc(CC2SCNC2=O)cc1)c1ccc(F)cc1. The Morgan fingerprint density at radius 3 is 2.50 bits per heavy atom. The molecule has 1 aliphatic rings. The van der Waals surface area contributed by atoms with E-state index in [1.165, 1.54) is 24.3 Å². The number of amides is 1. The zero-order chi connectivity index (χ0) is 16.9. The number of ether oxygens (including phenoxy) is 1. The third kappa shape index (κ3) is 4.14. The Labute approximate surface area is 143 Å². The quantitative estimate of drug-likeness (QED) is 0.818. The molecule has 0 aliphatic carbocycles. The molecule has 1 saturated heterocycles. The van der Waals surface area contributed by atoms with Crippen LogP contribution in [0.5, 0.6) is 5.75 Å². The fraction of sp³-hybridized carbons (Fsp3) is 0.222. The summed E-state index contributed by atoms with van der Waals surface area (Å²) in [6.07, 6.45) is 0.672. The van der Waals surface area contributed by atoms with E-state index in [1.807, 2.05) is 12.1 Å². The van der Waals surface area contributed by atoms with Gasteiger partial charge in [0.05, 0.1) is 11.1 Å². The first-order chi connectivity index (χ1) is 11.6. The van der Waals surface area contributed by atoms with Crippen molar-refractivity contribution in [2.45, 2.75) is 11.7 Å². The van der Waals surface area contributed by atoms with Crippen molar-refractivity contribution in [2.24, 2.45) is 0 Å². The second-order valence-electron chi connectivity index (χ2n) is 5.41. The molecule has 1 atom stereocenters. The molecule has 1 aliphatic heterocycles. The monoisotopic (exact) mass is 345 g/mol. The van der Waals surface area contributed by atoms with Crippen LogP contribution < -0.4 is 10.1 Å². The summed E-state index contributed by atoms with van der Waals surface area (Å²) < 4.78 is 18.3. The normalized spacial score (nSPS) is 16.7. The van der Waals surface area contributed by atoms with Crippen LogP contribution in [0.2, 0.25) is 0 Å². The molecule has 4 nitrogen and oxygen atoms in total. The van der Waals surface area contributed by atoms with E-state index in [0.29, 0.717) is 23.6 Å². The number of Topliss-reactive ketones (excluding diaryl/α,β-unsaturated/α-hetero) is 1. The molecular formula is C18H16FNO3S. The molecule has 1 fully saturated rings. The number of carbonyl (C=O) groups excluding carboxylic acids is 2. The topological polar surface area (TPSA) is 55.4 Å². The predicted molar refractivity (Wildman–Crippen MR) is 90.8 cm³/mol. The molecule has 0 radical (unpaired) electrons. The Bertz CT molecular complexity index is 731. The minimum atomic E-state index is -0.378. The summed E-state index contributed by atoms with van der Waals surface area (Å²) in [4.78, 5) is 23.5. The molecule has 3 rings (SSSR count). The number of nitrogens with one attached hydrogen (secondary N) is 1. The van der Waals surface area contributed by atoms with E-state index in [2.05, 4.69) is 5.32 Å². The second-order valence-corrected chi connectivity index (χ2v) is 6.60. The number of carbonyl (C=O) groups is 2. The van der Waals surface area contributed by atoms with Crippen molar-refractivity contribution >= 4 is 23.5 Å². The van der Waals surface area contributed by atoms with Crippen molar-refractivity contribution in [1.82, 2.24) is 5.32 Å². The Morgan fingerprint density at radius 1 is 1.17 bits per heavy atom. The number of rotatable bonds is 6. The van der Waals surface area contributed by atoms with Gasteiger partial charge in [0.25, 0.3) is 0 Å². The lowest BCUT2D eigenvalue weighted by atomic mass is 10.1. The maximum Gasteiger partial charge on any atom is 0.234 e. The predicted octanol–water partition coefficient (Wildman–Crippen LogP) is 2.82. The Kier molecular flexibility index (Phi) is 5.15. The molecule has 24 heavy (non-hydrogen) atoms. The molecule has 0 spiro atoms. The van der Waals surface area contributed by atoms with Crippen LogP contribution in [0, 0.1) is 5.82 Å². The highest BCUT2D eigenvalue weighted by Crippen LogP contribution is 2.22. The van der Waals surface area contributed by atoms with Gasteiger partial charge in [0.15, 0.2) is 12.4 Å². The molecule has 1 amide bonds. The summed E-state index contributed by atoms with van der Waals surface area (Å²) in [6, 6.07) is 12.7. The van der Waals surface area contributed by atoms with Gasteiger partial charge in [0, 0.05) is 5.56 Å². The lowest BCUT2D eigenvalue weighted by molar-refractivity contribution is -0.119. The molecule has 1 N–H and O–H groups in total. The summed E-state index contributed by atoms with van der Waals surface area (Å²) in [5.74, 6) is 0.731. The molecular weight excluding hydrogens is 329 g/mol. The van der Waals surface area contributed by atoms with E-state index >= 15 is 0 Å². The fourth-order valence-corrected chi connectivity index (χ4v) is 3.33. The van der Waals surface area contributed by atoms with Gasteiger partial charge in [-0.25, -0.2) is 4.39 Å². The van der Waals surface area contributed by atoms with Crippen molar-refractivity contribution in [3.8, 4) is 5.75 Å². The second kappa shape index (κ2) is 7.49. The molecule has 1 heterocycles. The van der Waals surface area contributed by atoms with Gasteiger partial charge in [-0.05, 0) is 48.4 Å². The molecule has 2 aromatic rings. The summed E-state index contributed by atoms with van der Waals surface area (Å²) in [6.45, 7) is -0.105. The third-order valence-electron chi connectivity index (χ3n) is 3.70. The highest BCUT2D eigenvalue weighted by molar-refractivity contribution is 8.01. The number of ketones is 1. The van der Waals surface area contributed by atoms with Crippen molar-refractivity contribution < 1.29 is 18.7 Å². The minimum Gasteiger partial charge on any atom is -0.485 e. The lowest BCUT2D eigenvalue weighted by Crippen LogP contribution is -2.23. The van der Waals surface area contributed by atoms with Gasteiger partial charge in [-0.3, -0.25) is 9.59 Å². The molecule has 124 valence electrons. The molecule has 0 aromatic heterocycles. The Hall–Kier alpha value is -2.34. The van der Waals surface area contributed by atoms with Gasteiger partial charge in [-0.2, -0.15) is 0 Å². The van der Waals surface area contributed by atoms with Crippen LogP contribution in [0.1, 0.15) is 15.9 Å². The van der Waals surface area contributed by atoms with Gasteiger partial charge in [0.1, 0.15) is 11.6 Å².